The van der Waals surface area contributed by atoms with Crippen LogP contribution in [0.25, 0.3) is 11.0 Å². The van der Waals surface area contributed by atoms with Crippen LogP contribution >= 0.6 is 15.9 Å². The van der Waals surface area contributed by atoms with Gasteiger partial charge in [0.05, 0.1) is 16.6 Å². The first-order chi connectivity index (χ1) is 17.1. The third-order valence-electron chi connectivity index (χ3n) is 7.07. The lowest BCUT2D eigenvalue weighted by atomic mass is 9.92. The first-order valence-electron chi connectivity index (χ1n) is 12.9. The molecule has 3 heterocycles. The zero-order valence-electron chi connectivity index (χ0n) is 22.2. The van der Waals surface area contributed by atoms with E-state index in [0.717, 1.165) is 59.9 Å². The van der Waals surface area contributed by atoms with Crippen molar-refractivity contribution in [1.82, 2.24) is 14.5 Å². The van der Waals surface area contributed by atoms with Crippen molar-refractivity contribution >= 4 is 46.5 Å². The number of hydrogen-bond donors (Lipinski definition) is 1. The maximum absolute atomic E-state index is 12.6. The molecular formula is C28H39BrN4O2Si. The number of fused-ring (bicyclic) bond motifs is 1. The number of nitrogens with one attached hydrogen (secondary N) is 1. The smallest absolute Gasteiger partial charge is 0.163 e. The number of anilines is 1. The zero-order valence-corrected chi connectivity index (χ0v) is 24.8. The van der Waals surface area contributed by atoms with Crippen molar-refractivity contribution in [2.24, 2.45) is 5.92 Å². The SMILES string of the molecule is CC(=O)c1cnc2c(c(Br)cn2COCC[Si](C)(C)C)c1N[C@H]1CN(Cc2ccccc2)CC[C@H]1C. The molecule has 2 aromatic heterocycles. The Labute approximate surface area is 224 Å². The summed E-state index contributed by atoms with van der Waals surface area (Å²) in [5.74, 6) is 0.508. The summed E-state index contributed by atoms with van der Waals surface area (Å²) in [5, 5.41) is 4.75. The molecular weight excluding hydrogens is 532 g/mol. The first kappa shape index (κ1) is 27.0. The molecule has 2 atom stereocenters. The number of benzene rings is 1. The summed E-state index contributed by atoms with van der Waals surface area (Å²) >= 11 is 3.76. The molecule has 1 saturated heterocycles. The van der Waals surface area contributed by atoms with Gasteiger partial charge in [0, 0.05) is 50.7 Å². The highest BCUT2D eigenvalue weighted by molar-refractivity contribution is 9.10. The van der Waals surface area contributed by atoms with Gasteiger partial charge >= 0.3 is 0 Å². The average Bonchev–Trinajstić information content (AvgIpc) is 3.15. The van der Waals surface area contributed by atoms with Crippen molar-refractivity contribution in [2.75, 3.05) is 25.0 Å². The Bertz CT molecular complexity index is 1190. The number of nitrogens with zero attached hydrogens (tertiary/aromatic N) is 3. The molecule has 8 heteroatoms. The van der Waals surface area contributed by atoms with Gasteiger partial charge in [-0.2, -0.15) is 0 Å². The highest BCUT2D eigenvalue weighted by Crippen LogP contribution is 2.36. The van der Waals surface area contributed by atoms with Crippen LogP contribution in [0.1, 0.15) is 36.2 Å². The predicted octanol–water partition coefficient (Wildman–Crippen LogP) is 6.64. The molecule has 0 bridgehead atoms. The monoisotopic (exact) mass is 570 g/mol. The fourth-order valence-corrected chi connectivity index (χ4v) is 6.14. The molecule has 6 nitrogen and oxygen atoms in total. The van der Waals surface area contributed by atoms with Crippen molar-refractivity contribution in [3.63, 3.8) is 0 Å². The molecule has 0 unspecified atom stereocenters. The summed E-state index contributed by atoms with van der Waals surface area (Å²) in [5.41, 5.74) is 3.66. The number of pyridine rings is 1. The number of halogens is 1. The number of hydrogen-bond acceptors (Lipinski definition) is 5. The van der Waals surface area contributed by atoms with Crippen LogP contribution < -0.4 is 5.32 Å². The van der Waals surface area contributed by atoms with Crippen molar-refractivity contribution < 1.29 is 9.53 Å². The van der Waals surface area contributed by atoms with E-state index in [2.05, 4.69) is 88.0 Å². The van der Waals surface area contributed by atoms with E-state index in [0.29, 0.717) is 18.2 Å². The molecule has 1 aliphatic heterocycles. The summed E-state index contributed by atoms with van der Waals surface area (Å²) in [7, 11) is -1.15. The molecule has 1 aromatic carbocycles. The molecule has 4 rings (SSSR count). The molecule has 0 spiro atoms. The summed E-state index contributed by atoms with van der Waals surface area (Å²) in [6.45, 7) is 15.1. The predicted molar refractivity (Wildman–Crippen MR) is 154 cm³/mol. The van der Waals surface area contributed by atoms with E-state index < -0.39 is 8.07 Å². The minimum atomic E-state index is -1.15. The van der Waals surface area contributed by atoms with Crippen LogP contribution in [-0.4, -0.2) is 54.0 Å². The van der Waals surface area contributed by atoms with Gasteiger partial charge in [0.25, 0.3) is 0 Å². The minimum Gasteiger partial charge on any atom is -0.379 e. The van der Waals surface area contributed by atoms with Crippen LogP contribution in [0.5, 0.6) is 0 Å². The van der Waals surface area contributed by atoms with Crippen LogP contribution in [0.3, 0.4) is 0 Å². The second-order valence-electron chi connectivity index (χ2n) is 11.3. The maximum Gasteiger partial charge on any atom is 0.163 e. The van der Waals surface area contributed by atoms with Crippen LogP contribution in [0.15, 0.2) is 47.2 Å². The van der Waals surface area contributed by atoms with Crippen LogP contribution in [0.4, 0.5) is 5.69 Å². The molecule has 3 aromatic rings. The van der Waals surface area contributed by atoms with Crippen LogP contribution in [-0.2, 0) is 18.0 Å². The molecule has 0 radical (unpaired) electrons. The van der Waals surface area contributed by atoms with Gasteiger partial charge in [0.1, 0.15) is 12.4 Å². The van der Waals surface area contributed by atoms with Gasteiger partial charge < -0.3 is 14.6 Å². The Balaban J connectivity index is 1.57. The quantitative estimate of drug-likeness (QED) is 0.168. The molecule has 0 aliphatic carbocycles. The molecule has 36 heavy (non-hydrogen) atoms. The average molecular weight is 572 g/mol. The van der Waals surface area contributed by atoms with Gasteiger partial charge in [-0.25, -0.2) is 4.98 Å². The van der Waals surface area contributed by atoms with Gasteiger partial charge in [0.2, 0.25) is 0 Å². The Morgan fingerprint density at radius 3 is 2.69 bits per heavy atom. The molecule has 1 aliphatic rings. The highest BCUT2D eigenvalue weighted by atomic mass is 79.9. The van der Waals surface area contributed by atoms with Gasteiger partial charge in [-0.3, -0.25) is 9.69 Å². The molecule has 1 fully saturated rings. The van der Waals surface area contributed by atoms with E-state index in [-0.39, 0.29) is 11.8 Å². The van der Waals surface area contributed by atoms with E-state index in [1.165, 1.54) is 5.56 Å². The number of rotatable bonds is 10. The summed E-state index contributed by atoms with van der Waals surface area (Å²) in [4.78, 5) is 19.8. The lowest BCUT2D eigenvalue weighted by molar-refractivity contribution is 0.0898. The van der Waals surface area contributed by atoms with E-state index in [4.69, 9.17) is 4.74 Å². The molecule has 0 saturated carbocycles. The molecule has 1 N–H and O–H groups in total. The van der Waals surface area contributed by atoms with E-state index in [1.807, 2.05) is 10.8 Å². The lowest BCUT2D eigenvalue weighted by Gasteiger charge is -2.38. The third kappa shape index (κ3) is 6.65. The molecule has 194 valence electrons. The zero-order chi connectivity index (χ0) is 25.9. The second kappa shape index (κ2) is 11.6. The topological polar surface area (TPSA) is 59.4 Å². The van der Waals surface area contributed by atoms with E-state index in [9.17, 15) is 4.79 Å². The summed E-state index contributed by atoms with van der Waals surface area (Å²) in [6.07, 6.45) is 4.85. The van der Waals surface area contributed by atoms with Crippen LogP contribution in [0.2, 0.25) is 25.7 Å². The molecule has 0 amide bonds. The Hall–Kier alpha value is -2.00. The largest absolute Gasteiger partial charge is 0.379 e. The van der Waals surface area contributed by atoms with E-state index in [1.54, 1.807) is 13.1 Å². The lowest BCUT2D eigenvalue weighted by Crippen LogP contribution is -2.46. The number of carbonyl (C=O) groups excluding carboxylic acids is 1. The summed E-state index contributed by atoms with van der Waals surface area (Å²) in [6, 6.07) is 12.0. The number of Topliss-reactive ketones (excluding diaryl/α,β-unsaturated/α-hetero) is 1. The van der Waals surface area contributed by atoms with Gasteiger partial charge in [-0.1, -0.05) is 56.9 Å². The standard InChI is InChI=1S/C28H39BrN4O2Si/c1-20-11-12-32(16-22-9-7-6-8-10-22)18-25(20)31-27-23(21(2)34)15-30-28-26(27)24(29)17-33(28)19-35-13-14-36(3,4)5/h6-10,15,17,20,25H,11-14,16,18-19H2,1-5H3,(H,30,31)/t20-,25+/m1/s1. The number of ketones is 1. The van der Waals surface area contributed by atoms with Crippen molar-refractivity contribution in [3.8, 4) is 0 Å². The number of ether oxygens (including phenoxy) is 1. The number of carbonyl (C=O) groups is 1. The van der Waals surface area contributed by atoms with Crippen molar-refractivity contribution in [2.45, 2.75) is 65.3 Å². The normalized spacial score (nSPS) is 19.1. The van der Waals surface area contributed by atoms with Gasteiger partial charge in [-0.15, -0.1) is 0 Å². The van der Waals surface area contributed by atoms with Crippen molar-refractivity contribution in [1.29, 1.82) is 0 Å². The number of likely N-dealkylation sites (tertiary alicyclic amines) is 1. The Morgan fingerprint density at radius 2 is 2.00 bits per heavy atom. The third-order valence-corrected chi connectivity index (χ3v) is 9.37. The van der Waals surface area contributed by atoms with Gasteiger partial charge in [0.15, 0.2) is 5.78 Å². The van der Waals surface area contributed by atoms with Crippen molar-refractivity contribution in [3.05, 3.63) is 58.3 Å². The number of piperidine rings is 1. The Kier molecular flexibility index (Phi) is 8.70. The van der Waals surface area contributed by atoms with E-state index >= 15 is 0 Å². The Morgan fingerprint density at radius 1 is 1.25 bits per heavy atom. The highest BCUT2D eigenvalue weighted by Gasteiger charge is 2.29. The maximum atomic E-state index is 12.6. The number of aromatic nitrogens is 2. The first-order valence-corrected chi connectivity index (χ1v) is 17.4. The minimum absolute atomic E-state index is 0.0162. The fraction of sp³-hybridized carbons (Fsp3) is 0.500. The fourth-order valence-electron chi connectivity index (χ4n) is 4.76. The second-order valence-corrected chi connectivity index (χ2v) is 17.8. The van der Waals surface area contributed by atoms with Gasteiger partial charge in [-0.05, 0) is 53.3 Å². The summed E-state index contributed by atoms with van der Waals surface area (Å²) < 4.78 is 8.97. The van der Waals surface area contributed by atoms with Crippen LogP contribution in [0, 0.1) is 5.92 Å².